The third kappa shape index (κ3) is 7.27. The number of hydrogen-bond donors (Lipinski definition) is 0. The molecule has 3 aliphatic rings. The summed E-state index contributed by atoms with van der Waals surface area (Å²) in [6.45, 7) is 9.41. The van der Waals surface area contributed by atoms with Gasteiger partial charge in [-0.3, -0.25) is 0 Å². The van der Waals surface area contributed by atoms with Crippen LogP contribution in [0.3, 0.4) is 0 Å². The molecule has 0 aliphatic carbocycles. The average molecular weight is 1170 g/mol. The zero-order valence-electron chi connectivity index (χ0n) is 54.0. The van der Waals surface area contributed by atoms with Crippen LogP contribution in [0.5, 0.6) is 11.6 Å². The van der Waals surface area contributed by atoms with Crippen molar-refractivity contribution in [2.24, 2.45) is 5.92 Å². The average Bonchev–Trinajstić information content (AvgIpc) is 1.36. The van der Waals surface area contributed by atoms with Gasteiger partial charge in [-0.15, -0.1) is 6.07 Å². The first-order valence-corrected chi connectivity index (χ1v) is 26.3. The van der Waals surface area contributed by atoms with Gasteiger partial charge in [0, 0.05) is 11.3 Å². The SMILES string of the molecule is [2H]c1c([2H])c([2H])c(-c2cccc(-c3ccc(C(C)(C)C)cc3)c2-n2[c](=[Pt])n(-c3[c-]c(Oc4nc5c(c(C([2H])([2H])C(C)C)c4-c4c([2H])c([2H])c([2H])c([2H])c4[2H])-c4cccc6c4B4N(c7ccc[c-]c7N45)c4ccccc4-6)ccc3)c3ccccc32)c([2H])c1[2H]. The summed E-state index contributed by atoms with van der Waals surface area (Å²) >= 11 is 2.24. The number of fused-ring (bicyclic) bond motifs is 10. The molecule has 0 saturated carbocycles. The molecular weight excluding hydrogens is 1110 g/mol. The van der Waals surface area contributed by atoms with Gasteiger partial charge >= 0.3 is 402 Å². The molecule has 0 radical (unpaired) electrons. The van der Waals surface area contributed by atoms with E-state index in [4.69, 9.17) is 17.9 Å². The minimum absolute atomic E-state index is 0.0328. The van der Waals surface area contributed by atoms with Crippen LogP contribution in [0.25, 0.3) is 78.0 Å². The molecule has 0 atom stereocenters. The maximum atomic E-state index is 10.3. The summed E-state index contributed by atoms with van der Waals surface area (Å²) in [6, 6.07) is 48.6. The fourth-order valence-electron chi connectivity index (χ4n) is 11.3. The standard InChI is InChI=1S/C68H52BN5O.Pt/c1-44(2)41-56-62(47-23-10-7-11-24-47)67(70-66-63(56)55-31-20-30-54-53-27-12-13-32-57(53)73-60-35-16-17-36-61(60)74(66)69(73)64(54)55)75-50-26-18-25-49(42-50)71-43-72(59-34-15-14-33-58(59)71)65-51(45-21-8-6-9-22-45)28-19-29-52(65)46-37-39-48(40-38-46)68(3,4)5;/h6-35,37-40,44H,41H2,1-5H3;/q-2;/i6D,7D,8D,9D,10D,11D,21D,22D,23D,24D,41D2;. The Morgan fingerprint density at radius 3 is 2.00 bits per heavy atom. The monoisotopic (exact) mass is 1170 g/mol. The van der Waals surface area contributed by atoms with Crippen molar-refractivity contribution in [1.82, 2.24) is 14.1 Å². The Balaban J connectivity index is 1.03. The van der Waals surface area contributed by atoms with Crippen molar-refractivity contribution in [3.05, 3.63) is 233 Å². The molecule has 370 valence electrons. The summed E-state index contributed by atoms with van der Waals surface area (Å²) in [5.41, 5.74) is 11.3. The molecule has 3 aliphatic heterocycles. The molecule has 14 rings (SSSR count). The second kappa shape index (κ2) is 18.0. The molecule has 0 bridgehead atoms. The number of nitrogens with zero attached hydrogens (tertiary/aromatic N) is 5. The summed E-state index contributed by atoms with van der Waals surface area (Å²) in [4.78, 5) is 9.76. The van der Waals surface area contributed by atoms with E-state index in [2.05, 4.69) is 87.4 Å². The van der Waals surface area contributed by atoms with E-state index in [1.54, 1.807) is 32.0 Å². The third-order valence-electron chi connectivity index (χ3n) is 14.4. The number of pyridine rings is 1. The topological polar surface area (TPSA) is 38.5 Å². The number of para-hydroxylation sites is 5. The summed E-state index contributed by atoms with van der Waals surface area (Å²) in [5, 5.41) is 0. The van der Waals surface area contributed by atoms with Crippen molar-refractivity contribution in [3.8, 4) is 78.6 Å². The van der Waals surface area contributed by atoms with Gasteiger partial charge in [-0.05, 0) is 11.6 Å². The molecule has 76 heavy (non-hydrogen) atoms. The Bertz CT molecular complexity index is 4850. The number of benzene rings is 9. The minimum atomic E-state index is -2.29. The quantitative estimate of drug-likeness (QED) is 0.107. The van der Waals surface area contributed by atoms with Crippen LogP contribution >= 0.6 is 0 Å². The van der Waals surface area contributed by atoms with Crippen molar-refractivity contribution >= 4 is 46.4 Å². The molecule has 0 spiro atoms. The molecule has 2 aromatic heterocycles. The Hall–Kier alpha value is -8.25. The molecule has 0 fully saturated rings. The Labute approximate surface area is 472 Å². The van der Waals surface area contributed by atoms with Crippen LogP contribution in [0, 0.1) is 21.9 Å². The predicted molar refractivity (Wildman–Crippen MR) is 308 cm³/mol. The van der Waals surface area contributed by atoms with Crippen molar-refractivity contribution in [1.29, 1.82) is 0 Å². The predicted octanol–water partition coefficient (Wildman–Crippen LogP) is 16.4. The van der Waals surface area contributed by atoms with Crippen LogP contribution in [-0.2, 0) is 31.1 Å². The van der Waals surface area contributed by atoms with Gasteiger partial charge in [0.05, 0.1) is 1.37 Å². The molecule has 11 aromatic rings. The van der Waals surface area contributed by atoms with Gasteiger partial charge < -0.3 is 0 Å². The second-order valence-electron chi connectivity index (χ2n) is 20.4. The number of hydrogen-bond acceptors (Lipinski definition) is 4. The Kier molecular flexibility index (Phi) is 8.29. The first-order valence-electron chi connectivity index (χ1n) is 31.2. The molecular formula is C68H52BN5OPt-2. The van der Waals surface area contributed by atoms with Gasteiger partial charge in [-0.25, -0.2) is 0 Å². The van der Waals surface area contributed by atoms with Gasteiger partial charge in [0.1, 0.15) is 0 Å². The molecule has 0 saturated heterocycles. The van der Waals surface area contributed by atoms with Gasteiger partial charge in [-0.1, -0.05) is 30.3 Å². The van der Waals surface area contributed by atoms with Gasteiger partial charge in [0.25, 0.3) is 0 Å². The van der Waals surface area contributed by atoms with Crippen LogP contribution < -0.4 is 19.8 Å². The molecule has 6 nitrogen and oxygen atoms in total. The first-order chi connectivity index (χ1) is 42.0. The van der Waals surface area contributed by atoms with Crippen LogP contribution in [0.1, 0.15) is 62.2 Å². The van der Waals surface area contributed by atoms with E-state index >= 15 is 0 Å². The molecule has 8 heteroatoms. The number of ether oxygens (including phenoxy) is 1. The first kappa shape index (κ1) is 35.1. The van der Waals surface area contributed by atoms with Crippen LogP contribution in [0.15, 0.2) is 206 Å². The Morgan fingerprint density at radius 1 is 0.632 bits per heavy atom. The normalized spacial score (nSPS) is 15.4. The van der Waals surface area contributed by atoms with E-state index in [1.165, 1.54) is 0 Å². The van der Waals surface area contributed by atoms with Crippen LogP contribution in [-0.4, -0.2) is 21.1 Å². The molecule has 9 aromatic carbocycles. The maximum absolute atomic E-state index is 10.3. The number of imidazole rings is 1. The van der Waals surface area contributed by atoms with E-state index in [-0.39, 0.29) is 51.4 Å². The van der Waals surface area contributed by atoms with Crippen LogP contribution in [0.4, 0.5) is 22.9 Å². The van der Waals surface area contributed by atoms with Crippen molar-refractivity contribution in [2.75, 3.05) is 9.62 Å². The fourth-order valence-corrected chi connectivity index (χ4v) is 12.3. The molecule has 0 unspecified atom stereocenters. The zero-order valence-corrected chi connectivity index (χ0v) is 44.2. The summed E-state index contributed by atoms with van der Waals surface area (Å²) in [7, 11) is 0. The van der Waals surface area contributed by atoms with E-state index in [9.17, 15) is 8.22 Å². The van der Waals surface area contributed by atoms with E-state index < -0.39 is 67.6 Å². The number of aromatic nitrogens is 3. The van der Waals surface area contributed by atoms with Crippen molar-refractivity contribution < 1.29 is 40.5 Å². The Morgan fingerprint density at radius 2 is 1.26 bits per heavy atom. The number of anilines is 4. The van der Waals surface area contributed by atoms with E-state index in [0.717, 1.165) is 44.7 Å². The zero-order chi connectivity index (χ0) is 61.9. The van der Waals surface area contributed by atoms with Gasteiger partial charge in [0.2, 0.25) is 0 Å². The second-order valence-corrected chi connectivity index (χ2v) is 21.4. The molecule has 0 N–H and O–H groups in total. The number of rotatable bonds is 9. The van der Waals surface area contributed by atoms with E-state index in [1.807, 2.05) is 111 Å². The molecule has 0 amide bonds. The third-order valence-corrected chi connectivity index (χ3v) is 15.5. The molecule has 5 heterocycles. The fraction of sp³-hybridized carbons (Fsp3) is 0.118. The van der Waals surface area contributed by atoms with E-state index in [0.29, 0.717) is 54.4 Å². The van der Waals surface area contributed by atoms with Crippen LogP contribution in [0.2, 0.25) is 0 Å². The summed E-state index contributed by atoms with van der Waals surface area (Å²) < 4.78 is 123. The van der Waals surface area contributed by atoms with Gasteiger partial charge in [0.15, 0.2) is 0 Å². The van der Waals surface area contributed by atoms with Gasteiger partial charge in [-0.2, -0.15) is 12.1 Å². The van der Waals surface area contributed by atoms with Crippen molar-refractivity contribution in [3.63, 3.8) is 0 Å². The van der Waals surface area contributed by atoms with Crippen molar-refractivity contribution in [2.45, 2.75) is 46.4 Å². The summed E-state index contributed by atoms with van der Waals surface area (Å²) in [5.74, 6) is -0.569. The summed E-state index contributed by atoms with van der Waals surface area (Å²) in [6.07, 6.45) is -2.29.